The van der Waals surface area contributed by atoms with Crippen molar-refractivity contribution in [2.24, 2.45) is 11.8 Å². The first-order chi connectivity index (χ1) is 11.5. The van der Waals surface area contributed by atoms with Crippen LogP contribution < -0.4 is 4.90 Å². The average Bonchev–Trinajstić information content (AvgIpc) is 3.26. The topological polar surface area (TPSA) is 85.3 Å². The van der Waals surface area contributed by atoms with Gasteiger partial charge in [0.1, 0.15) is 23.9 Å². The predicted molar refractivity (Wildman–Crippen MR) is 90.6 cm³/mol. The summed E-state index contributed by atoms with van der Waals surface area (Å²) in [6.07, 6.45) is 4.70. The van der Waals surface area contributed by atoms with Gasteiger partial charge in [-0.15, -0.1) is 0 Å². The summed E-state index contributed by atoms with van der Waals surface area (Å²) in [7, 11) is 2.10. The van der Waals surface area contributed by atoms with Crippen molar-refractivity contribution in [2.45, 2.75) is 31.9 Å². The Morgan fingerprint density at radius 3 is 2.75 bits per heavy atom. The molecule has 2 aliphatic rings. The summed E-state index contributed by atoms with van der Waals surface area (Å²) >= 11 is 0. The Bertz CT molecular complexity index is 744. The molecule has 24 heavy (non-hydrogen) atoms. The number of nitrogens with one attached hydrogen (secondary N) is 1. The summed E-state index contributed by atoms with van der Waals surface area (Å²) in [5.74, 6) is 1.86. The van der Waals surface area contributed by atoms with Crippen LogP contribution in [0.4, 0.5) is 5.82 Å². The van der Waals surface area contributed by atoms with E-state index in [1.807, 2.05) is 17.2 Å². The summed E-state index contributed by atoms with van der Waals surface area (Å²) in [5.41, 5.74) is 0.860. The highest BCUT2D eigenvalue weighted by molar-refractivity contribution is 5.87. The second-order valence-corrected chi connectivity index (χ2v) is 7.11. The fraction of sp³-hybridized carbons (Fsp3) is 0.588. The summed E-state index contributed by atoms with van der Waals surface area (Å²) in [6, 6.07) is 2.44. The minimum absolute atomic E-state index is 0.140. The molecule has 2 fully saturated rings. The minimum atomic E-state index is -0.898. The molecule has 7 nitrogen and oxygen atoms in total. The molecule has 7 heteroatoms. The zero-order valence-corrected chi connectivity index (χ0v) is 14.0. The maximum Gasteiger partial charge on any atom is 0.251 e. The van der Waals surface area contributed by atoms with Gasteiger partial charge < -0.3 is 19.9 Å². The lowest BCUT2D eigenvalue weighted by atomic mass is 10.0. The average molecular weight is 329 g/mol. The molecule has 1 amide bonds. The van der Waals surface area contributed by atoms with Crippen LogP contribution in [-0.2, 0) is 4.79 Å². The van der Waals surface area contributed by atoms with E-state index in [-0.39, 0.29) is 5.91 Å². The molecule has 0 spiro atoms. The van der Waals surface area contributed by atoms with Gasteiger partial charge in [-0.05, 0) is 37.7 Å². The Balaban J connectivity index is 1.47. The molecule has 128 valence electrons. The van der Waals surface area contributed by atoms with Crippen molar-refractivity contribution in [3.63, 3.8) is 0 Å². The minimum Gasteiger partial charge on any atom is -0.384 e. The smallest absolute Gasteiger partial charge is 0.251 e. The number of carbonyl (C=O) groups excluding carboxylic acids is 1. The third-order valence-corrected chi connectivity index (χ3v) is 5.61. The van der Waals surface area contributed by atoms with E-state index in [2.05, 4.69) is 26.9 Å². The number of likely N-dealkylation sites (tertiary alicyclic amines) is 1. The van der Waals surface area contributed by atoms with Gasteiger partial charge in [0, 0.05) is 32.4 Å². The number of anilines is 1. The number of amides is 1. The van der Waals surface area contributed by atoms with Crippen molar-refractivity contribution >= 4 is 22.8 Å². The fourth-order valence-corrected chi connectivity index (χ4v) is 4.34. The standard InChI is InChI=1S/C17H23N5O2/c1-10(23)17(24)22-7-11-5-13(6-12(11)8-22)21(2)16-14-3-4-18-15(14)19-9-20-16/h3-4,9-13,23H,5-8H2,1-2H3,(H,18,19,20)/t10-,11?,12?,13?/m1/s1. The molecule has 1 saturated carbocycles. The molecule has 1 aliphatic carbocycles. The first kappa shape index (κ1) is 15.4. The Morgan fingerprint density at radius 2 is 2.08 bits per heavy atom. The van der Waals surface area contributed by atoms with Gasteiger partial charge in [0.25, 0.3) is 5.91 Å². The van der Waals surface area contributed by atoms with E-state index in [9.17, 15) is 9.90 Å². The van der Waals surface area contributed by atoms with E-state index in [1.165, 1.54) is 0 Å². The third kappa shape index (κ3) is 2.43. The zero-order chi connectivity index (χ0) is 16.8. The van der Waals surface area contributed by atoms with Crippen molar-refractivity contribution in [1.29, 1.82) is 0 Å². The first-order valence-electron chi connectivity index (χ1n) is 8.52. The number of fused-ring (bicyclic) bond motifs is 2. The van der Waals surface area contributed by atoms with Gasteiger partial charge in [-0.3, -0.25) is 4.79 Å². The van der Waals surface area contributed by atoms with Gasteiger partial charge in [0.05, 0.1) is 5.39 Å². The largest absolute Gasteiger partial charge is 0.384 e. The Labute approximate surface area is 140 Å². The maximum atomic E-state index is 12.0. The summed E-state index contributed by atoms with van der Waals surface area (Å²) < 4.78 is 0. The number of aromatic amines is 1. The Hall–Kier alpha value is -2.15. The monoisotopic (exact) mass is 329 g/mol. The highest BCUT2D eigenvalue weighted by Gasteiger charge is 2.44. The van der Waals surface area contributed by atoms with Gasteiger partial charge in [-0.2, -0.15) is 0 Å². The van der Waals surface area contributed by atoms with Crippen LogP contribution >= 0.6 is 0 Å². The van der Waals surface area contributed by atoms with E-state index in [1.54, 1.807) is 13.3 Å². The highest BCUT2D eigenvalue weighted by Crippen LogP contribution is 2.41. The highest BCUT2D eigenvalue weighted by atomic mass is 16.3. The lowest BCUT2D eigenvalue weighted by Gasteiger charge is -2.28. The van der Waals surface area contributed by atoms with Gasteiger partial charge in [-0.25, -0.2) is 9.97 Å². The van der Waals surface area contributed by atoms with Crippen molar-refractivity contribution in [1.82, 2.24) is 19.9 Å². The van der Waals surface area contributed by atoms with Crippen molar-refractivity contribution in [2.75, 3.05) is 25.0 Å². The second kappa shape index (κ2) is 5.73. The van der Waals surface area contributed by atoms with Crippen LogP contribution in [0.25, 0.3) is 11.0 Å². The molecule has 1 aliphatic heterocycles. The van der Waals surface area contributed by atoms with Crippen LogP contribution in [0.15, 0.2) is 18.6 Å². The van der Waals surface area contributed by atoms with E-state index in [4.69, 9.17) is 0 Å². The maximum absolute atomic E-state index is 12.0. The summed E-state index contributed by atoms with van der Waals surface area (Å²) in [5, 5.41) is 10.5. The number of aliphatic hydroxyl groups is 1. The van der Waals surface area contributed by atoms with Gasteiger partial charge >= 0.3 is 0 Å². The number of hydrogen-bond donors (Lipinski definition) is 2. The Morgan fingerprint density at radius 1 is 1.38 bits per heavy atom. The lowest BCUT2D eigenvalue weighted by molar-refractivity contribution is -0.138. The van der Waals surface area contributed by atoms with Crippen LogP contribution in [0.5, 0.6) is 0 Å². The van der Waals surface area contributed by atoms with Crippen LogP contribution in [-0.4, -0.2) is 63.1 Å². The normalized spacial score (nSPS) is 27.5. The van der Waals surface area contributed by atoms with Gasteiger partial charge in [0.2, 0.25) is 0 Å². The van der Waals surface area contributed by atoms with E-state index in [0.29, 0.717) is 17.9 Å². The number of rotatable bonds is 3. The first-order valence-corrected chi connectivity index (χ1v) is 8.52. The van der Waals surface area contributed by atoms with Crippen LogP contribution in [0.2, 0.25) is 0 Å². The number of nitrogens with zero attached hydrogens (tertiary/aromatic N) is 4. The molecule has 2 unspecified atom stereocenters. The molecule has 1 saturated heterocycles. The van der Waals surface area contributed by atoms with Crippen LogP contribution in [0, 0.1) is 11.8 Å². The Kier molecular flexibility index (Phi) is 3.68. The van der Waals surface area contributed by atoms with Gasteiger partial charge in [0.15, 0.2) is 0 Å². The molecule has 3 atom stereocenters. The summed E-state index contributed by atoms with van der Waals surface area (Å²) in [6.45, 7) is 3.08. The molecular weight excluding hydrogens is 306 g/mol. The lowest BCUT2D eigenvalue weighted by Crippen LogP contribution is -2.38. The molecule has 0 aromatic carbocycles. The number of H-pyrrole nitrogens is 1. The van der Waals surface area contributed by atoms with Crippen molar-refractivity contribution < 1.29 is 9.90 Å². The number of hydrogen-bond acceptors (Lipinski definition) is 5. The molecule has 0 bridgehead atoms. The SMILES string of the molecule is C[C@@H](O)C(=O)N1CC2CC(N(C)c3ncnc4[nH]ccc34)CC2C1. The zero-order valence-electron chi connectivity index (χ0n) is 14.0. The summed E-state index contributed by atoms with van der Waals surface area (Å²) in [4.78, 5) is 27.9. The molecule has 4 rings (SSSR count). The molecule has 0 radical (unpaired) electrons. The molecule has 2 aromatic rings. The van der Waals surface area contributed by atoms with E-state index in [0.717, 1.165) is 42.8 Å². The van der Waals surface area contributed by atoms with Crippen LogP contribution in [0.1, 0.15) is 19.8 Å². The number of carbonyl (C=O) groups is 1. The molecular formula is C17H23N5O2. The molecule has 2 N–H and O–H groups in total. The predicted octanol–water partition coefficient (Wildman–Crippen LogP) is 1.01. The van der Waals surface area contributed by atoms with Gasteiger partial charge in [-0.1, -0.05) is 0 Å². The molecule has 2 aromatic heterocycles. The van der Waals surface area contributed by atoms with Crippen molar-refractivity contribution in [3.8, 4) is 0 Å². The quantitative estimate of drug-likeness (QED) is 0.878. The second-order valence-electron chi connectivity index (χ2n) is 7.11. The number of aliphatic hydroxyl groups excluding tert-OH is 1. The molecule has 3 heterocycles. The third-order valence-electron chi connectivity index (χ3n) is 5.61. The number of aromatic nitrogens is 3. The van der Waals surface area contributed by atoms with Crippen LogP contribution in [0.3, 0.4) is 0 Å². The van der Waals surface area contributed by atoms with E-state index >= 15 is 0 Å². The van der Waals surface area contributed by atoms with Crippen molar-refractivity contribution in [3.05, 3.63) is 18.6 Å². The fourth-order valence-electron chi connectivity index (χ4n) is 4.34. The van der Waals surface area contributed by atoms with E-state index < -0.39 is 6.10 Å².